The van der Waals surface area contributed by atoms with E-state index in [0.29, 0.717) is 0 Å². The summed E-state index contributed by atoms with van der Waals surface area (Å²) in [6, 6.07) is 4.23. The largest absolute Gasteiger partial charge is 0.480 e. The maximum Gasteiger partial charge on any atom is 0.325 e. The molecule has 1 rings (SSSR count). The first-order valence-electron chi connectivity index (χ1n) is 5.52. The molecule has 0 saturated carbocycles. The van der Waals surface area contributed by atoms with Crippen LogP contribution in [0.4, 0.5) is 0 Å². The lowest BCUT2D eigenvalue weighted by Crippen LogP contribution is -2.31. The van der Waals surface area contributed by atoms with Gasteiger partial charge in [0.25, 0.3) is 0 Å². The molecule has 1 atom stereocenters. The van der Waals surface area contributed by atoms with Crippen LogP contribution in [0.5, 0.6) is 0 Å². The van der Waals surface area contributed by atoms with Crippen LogP contribution in [0.25, 0.3) is 0 Å². The Labute approximate surface area is 121 Å². The van der Waals surface area contributed by atoms with Crippen LogP contribution in [-0.4, -0.2) is 22.6 Å². The molecule has 0 spiro atoms. The number of esters is 1. The second-order valence-electron chi connectivity index (χ2n) is 5.01. The van der Waals surface area contributed by atoms with Gasteiger partial charge in [-0.15, -0.1) is 0 Å². The Hall–Kier alpha value is -1.26. The van der Waals surface area contributed by atoms with Crippen LogP contribution in [0.1, 0.15) is 32.3 Å². The van der Waals surface area contributed by atoms with Gasteiger partial charge in [-0.1, -0.05) is 23.2 Å². The highest BCUT2D eigenvalue weighted by Gasteiger charge is 2.33. The zero-order valence-electron chi connectivity index (χ0n) is 10.7. The normalized spacial score (nSPS) is 12.9. The molecule has 0 bridgehead atoms. The topological polar surface area (TPSA) is 63.6 Å². The van der Waals surface area contributed by atoms with Gasteiger partial charge in [-0.3, -0.25) is 9.59 Å². The highest BCUT2D eigenvalue weighted by Crippen LogP contribution is 2.27. The van der Waals surface area contributed by atoms with Gasteiger partial charge in [0.1, 0.15) is 5.60 Å². The summed E-state index contributed by atoms with van der Waals surface area (Å²) in [7, 11) is 0. The number of benzene rings is 1. The van der Waals surface area contributed by atoms with Gasteiger partial charge >= 0.3 is 11.9 Å². The summed E-state index contributed by atoms with van der Waals surface area (Å²) in [5, 5.41) is 9.71. The molecule has 104 valence electrons. The number of hydrogen-bond acceptors (Lipinski definition) is 3. The Morgan fingerprint density at radius 2 is 1.63 bits per heavy atom. The van der Waals surface area contributed by atoms with Gasteiger partial charge in [-0.05, 0) is 44.5 Å². The smallest absolute Gasteiger partial charge is 0.325 e. The first-order valence-corrected chi connectivity index (χ1v) is 6.27. The van der Waals surface area contributed by atoms with Crippen molar-refractivity contribution in [2.24, 2.45) is 0 Å². The minimum absolute atomic E-state index is 0.194. The van der Waals surface area contributed by atoms with Crippen molar-refractivity contribution >= 4 is 35.1 Å². The third kappa shape index (κ3) is 4.73. The molecular formula is C13H14Cl2O4. The molecule has 4 nitrogen and oxygen atoms in total. The molecule has 0 heterocycles. The number of carboxylic acid groups (broad SMARTS) is 1. The van der Waals surface area contributed by atoms with E-state index in [9.17, 15) is 14.7 Å². The van der Waals surface area contributed by atoms with Crippen LogP contribution in [-0.2, 0) is 14.3 Å². The van der Waals surface area contributed by atoms with Crippen molar-refractivity contribution in [1.82, 2.24) is 0 Å². The van der Waals surface area contributed by atoms with Crippen LogP contribution >= 0.6 is 23.2 Å². The van der Waals surface area contributed by atoms with E-state index in [4.69, 9.17) is 27.9 Å². The van der Waals surface area contributed by atoms with Crippen molar-refractivity contribution in [2.45, 2.75) is 32.3 Å². The predicted octanol–water partition coefficient (Wildman–Crippen LogP) is 3.50. The van der Waals surface area contributed by atoms with E-state index in [-0.39, 0.29) is 15.6 Å². The molecule has 1 aromatic carbocycles. The molecule has 0 radical (unpaired) electrons. The zero-order chi connectivity index (χ0) is 14.8. The molecule has 0 unspecified atom stereocenters. The van der Waals surface area contributed by atoms with Gasteiger partial charge in [0.2, 0.25) is 0 Å². The molecule has 1 N–H and O–H groups in total. The number of rotatable bonds is 3. The van der Waals surface area contributed by atoms with E-state index in [1.54, 1.807) is 20.8 Å². The summed E-state index contributed by atoms with van der Waals surface area (Å²) in [6.45, 7) is 4.98. The molecule has 19 heavy (non-hydrogen) atoms. The first-order chi connectivity index (χ1) is 8.60. The summed E-state index contributed by atoms with van der Waals surface area (Å²) in [6.07, 6.45) is 0. The highest BCUT2D eigenvalue weighted by molar-refractivity contribution is 6.34. The number of ether oxygens (including phenoxy) is 1. The van der Waals surface area contributed by atoms with Crippen molar-refractivity contribution in [3.63, 3.8) is 0 Å². The number of halogens is 2. The third-order valence-electron chi connectivity index (χ3n) is 2.11. The first kappa shape index (κ1) is 15.8. The second-order valence-corrected chi connectivity index (χ2v) is 5.88. The maximum atomic E-state index is 11.9. The van der Waals surface area contributed by atoms with Crippen molar-refractivity contribution < 1.29 is 19.4 Å². The Morgan fingerprint density at radius 3 is 2.00 bits per heavy atom. The van der Waals surface area contributed by atoms with Gasteiger partial charge in [0, 0.05) is 10.0 Å². The average Bonchev–Trinajstić information content (AvgIpc) is 2.11. The highest BCUT2D eigenvalue weighted by atomic mass is 35.5. The van der Waals surface area contributed by atoms with Crippen LogP contribution < -0.4 is 0 Å². The number of hydrogen-bond donors (Lipinski definition) is 1. The second kappa shape index (κ2) is 5.80. The average molecular weight is 305 g/mol. The molecule has 6 heteroatoms. The predicted molar refractivity (Wildman–Crippen MR) is 72.7 cm³/mol. The van der Waals surface area contributed by atoms with Crippen LogP contribution in [0.15, 0.2) is 18.2 Å². The molecule has 0 amide bonds. The quantitative estimate of drug-likeness (QED) is 0.685. The molecule has 0 saturated heterocycles. The number of carbonyl (C=O) groups is 2. The SMILES string of the molecule is CC(C)(C)OC(=O)[C@@H](C(=O)O)c1cc(Cl)cc(Cl)c1. The molecule has 0 aliphatic heterocycles. The van der Waals surface area contributed by atoms with E-state index in [2.05, 4.69) is 0 Å². The maximum absolute atomic E-state index is 11.9. The fourth-order valence-corrected chi connectivity index (χ4v) is 2.02. The number of aliphatic carboxylic acids is 1. The molecule has 1 aromatic rings. The van der Waals surface area contributed by atoms with Crippen LogP contribution in [0.2, 0.25) is 10.0 Å². The van der Waals surface area contributed by atoms with Gasteiger partial charge in [0.15, 0.2) is 5.92 Å². The van der Waals surface area contributed by atoms with E-state index in [0.717, 1.165) is 0 Å². The van der Waals surface area contributed by atoms with Crippen molar-refractivity contribution in [3.05, 3.63) is 33.8 Å². The van der Waals surface area contributed by atoms with Crippen molar-refractivity contribution in [1.29, 1.82) is 0 Å². The minimum Gasteiger partial charge on any atom is -0.480 e. The Balaban J connectivity index is 3.14. The minimum atomic E-state index is -1.45. The zero-order valence-corrected chi connectivity index (χ0v) is 12.2. The third-order valence-corrected chi connectivity index (χ3v) is 2.54. The van der Waals surface area contributed by atoms with E-state index >= 15 is 0 Å². The lowest BCUT2D eigenvalue weighted by Gasteiger charge is -2.22. The van der Waals surface area contributed by atoms with Crippen molar-refractivity contribution in [2.75, 3.05) is 0 Å². The Morgan fingerprint density at radius 1 is 1.16 bits per heavy atom. The molecule has 0 aliphatic rings. The Kier molecular flexibility index (Phi) is 4.82. The fraction of sp³-hybridized carbons (Fsp3) is 0.385. The number of carbonyl (C=O) groups excluding carboxylic acids is 1. The standard InChI is InChI=1S/C13H14Cl2O4/c1-13(2,3)19-12(18)10(11(16)17)7-4-8(14)6-9(15)5-7/h4-6,10H,1-3H3,(H,16,17)/t10-/m1/s1. The lowest BCUT2D eigenvalue weighted by atomic mass is 9.99. The lowest BCUT2D eigenvalue weighted by molar-refractivity contribution is -0.162. The molecule has 0 fully saturated rings. The Bertz CT molecular complexity index is 486. The van der Waals surface area contributed by atoms with Crippen molar-refractivity contribution in [3.8, 4) is 0 Å². The van der Waals surface area contributed by atoms with E-state index < -0.39 is 23.5 Å². The number of carboxylic acids is 1. The monoisotopic (exact) mass is 304 g/mol. The van der Waals surface area contributed by atoms with Gasteiger partial charge < -0.3 is 9.84 Å². The van der Waals surface area contributed by atoms with Gasteiger partial charge in [0.05, 0.1) is 0 Å². The van der Waals surface area contributed by atoms with E-state index in [1.165, 1.54) is 18.2 Å². The summed E-state index contributed by atoms with van der Waals surface area (Å²) in [5.41, 5.74) is -0.577. The molecule has 0 aliphatic carbocycles. The fourth-order valence-electron chi connectivity index (χ4n) is 1.48. The van der Waals surface area contributed by atoms with Gasteiger partial charge in [-0.25, -0.2) is 0 Å². The summed E-state index contributed by atoms with van der Waals surface area (Å²) >= 11 is 11.6. The van der Waals surface area contributed by atoms with Crippen LogP contribution in [0.3, 0.4) is 0 Å². The van der Waals surface area contributed by atoms with Crippen LogP contribution in [0, 0.1) is 0 Å². The van der Waals surface area contributed by atoms with Gasteiger partial charge in [-0.2, -0.15) is 0 Å². The summed E-state index contributed by atoms with van der Waals surface area (Å²) < 4.78 is 5.09. The summed E-state index contributed by atoms with van der Waals surface area (Å²) in [5.74, 6) is -3.61. The molecular weight excluding hydrogens is 291 g/mol. The summed E-state index contributed by atoms with van der Waals surface area (Å²) in [4.78, 5) is 23.2. The van der Waals surface area contributed by atoms with E-state index in [1.807, 2.05) is 0 Å². The molecule has 0 aromatic heterocycles.